The van der Waals surface area contributed by atoms with E-state index < -0.39 is 0 Å². The second kappa shape index (κ2) is 13.9. The van der Waals surface area contributed by atoms with Gasteiger partial charge in [0.2, 0.25) is 5.91 Å². The Labute approximate surface area is 168 Å². The fourth-order valence-electron chi connectivity index (χ4n) is 4.35. The van der Waals surface area contributed by atoms with Crippen LogP contribution in [0.25, 0.3) is 0 Å². The summed E-state index contributed by atoms with van der Waals surface area (Å²) in [6.07, 6.45) is 21.5. The molecule has 1 N–H and O–H groups in total. The lowest BCUT2D eigenvalue weighted by molar-refractivity contribution is -0.959. The minimum absolute atomic E-state index is 0.0564. The van der Waals surface area contributed by atoms with Crippen molar-refractivity contribution >= 4 is 12.1 Å². The number of amides is 1. The predicted molar refractivity (Wildman–Crippen MR) is 117 cm³/mol. The molecule has 4 heteroatoms. The first-order valence-electron chi connectivity index (χ1n) is 11.3. The molecule has 156 valence electrons. The highest BCUT2D eigenvalue weighted by atomic mass is 16.1. The lowest BCUT2D eigenvalue weighted by Crippen LogP contribution is -2.63. The van der Waals surface area contributed by atoms with Gasteiger partial charge in [0, 0.05) is 20.3 Å². The molecule has 0 radical (unpaired) electrons. The molecule has 27 heavy (non-hydrogen) atoms. The van der Waals surface area contributed by atoms with Crippen LogP contribution in [0.2, 0.25) is 0 Å². The van der Waals surface area contributed by atoms with Gasteiger partial charge in [0.25, 0.3) is 0 Å². The zero-order valence-corrected chi connectivity index (χ0v) is 18.4. The summed E-state index contributed by atoms with van der Waals surface area (Å²) in [4.78, 5) is 16.3. The molecule has 1 aliphatic rings. The van der Waals surface area contributed by atoms with Crippen molar-refractivity contribution in [3.8, 4) is 0 Å². The summed E-state index contributed by atoms with van der Waals surface area (Å²) >= 11 is 0. The minimum atomic E-state index is 0.0564. The number of hydrogen-bond acceptors (Lipinski definition) is 2. The van der Waals surface area contributed by atoms with Crippen LogP contribution in [0.4, 0.5) is 0 Å². The third-order valence-corrected chi connectivity index (χ3v) is 6.13. The summed E-state index contributed by atoms with van der Waals surface area (Å²) in [5, 5.41) is 3.10. The fraction of sp³-hybridized carbons (Fsp3) is 0.826. The number of unbranched alkanes of at least 4 members (excludes halogenated alkanes) is 9. The van der Waals surface area contributed by atoms with Crippen LogP contribution in [-0.2, 0) is 4.79 Å². The third-order valence-electron chi connectivity index (χ3n) is 6.13. The molecule has 3 atom stereocenters. The van der Waals surface area contributed by atoms with Gasteiger partial charge in [-0.2, -0.15) is 0 Å². The van der Waals surface area contributed by atoms with E-state index in [0.717, 1.165) is 24.0 Å². The molecule has 0 saturated heterocycles. The largest absolute Gasteiger partial charge is 0.307 e. The number of carbonyl (C=O) groups is 1. The second-order valence-electron chi connectivity index (χ2n) is 8.12. The summed E-state index contributed by atoms with van der Waals surface area (Å²) in [6.45, 7) is 10.0. The standard InChI is InChI=1S/C23H43N3O/c1-5-7-8-9-10-11-12-13-14-15-16-17-18-23-24-19-20-26(23,6-2)21(3)25-22(4)27/h5,7,19,21,23H,6,8-18,20H2,1-4H3/p+1/b7-5+. The Morgan fingerprint density at radius 1 is 1.15 bits per heavy atom. The van der Waals surface area contributed by atoms with E-state index in [1.54, 1.807) is 6.92 Å². The summed E-state index contributed by atoms with van der Waals surface area (Å²) in [7, 11) is 0. The van der Waals surface area contributed by atoms with Gasteiger partial charge >= 0.3 is 0 Å². The maximum Gasteiger partial charge on any atom is 0.221 e. The molecule has 4 nitrogen and oxygen atoms in total. The molecule has 1 heterocycles. The van der Waals surface area contributed by atoms with Crippen molar-refractivity contribution in [3.63, 3.8) is 0 Å². The van der Waals surface area contributed by atoms with E-state index in [1.807, 2.05) is 0 Å². The van der Waals surface area contributed by atoms with E-state index in [1.165, 1.54) is 64.2 Å². The second-order valence-corrected chi connectivity index (χ2v) is 8.12. The van der Waals surface area contributed by atoms with Gasteiger partial charge in [0.1, 0.15) is 6.54 Å². The number of nitrogens with zero attached hydrogens (tertiary/aromatic N) is 2. The molecular weight excluding hydrogens is 334 g/mol. The van der Waals surface area contributed by atoms with E-state index in [2.05, 4.69) is 44.5 Å². The number of nitrogens with one attached hydrogen (secondary N) is 1. The van der Waals surface area contributed by atoms with Crippen LogP contribution in [0.15, 0.2) is 17.1 Å². The number of allylic oxidation sites excluding steroid dienone is 2. The van der Waals surface area contributed by atoms with Crippen LogP contribution in [0.1, 0.15) is 98.3 Å². The van der Waals surface area contributed by atoms with Crippen LogP contribution < -0.4 is 5.32 Å². The van der Waals surface area contributed by atoms with Gasteiger partial charge in [0.15, 0.2) is 12.3 Å². The maximum atomic E-state index is 11.5. The quantitative estimate of drug-likeness (QED) is 0.225. The summed E-state index contributed by atoms with van der Waals surface area (Å²) in [5.41, 5.74) is 0. The Kier molecular flexibility index (Phi) is 12.3. The van der Waals surface area contributed by atoms with Crippen molar-refractivity contribution in [3.05, 3.63) is 12.2 Å². The summed E-state index contributed by atoms with van der Waals surface area (Å²) in [5.74, 6) is 0.0564. The van der Waals surface area contributed by atoms with Crippen molar-refractivity contribution in [2.45, 2.75) is 111 Å². The monoisotopic (exact) mass is 378 g/mol. The van der Waals surface area contributed by atoms with Crippen molar-refractivity contribution in [2.75, 3.05) is 13.1 Å². The van der Waals surface area contributed by atoms with Crippen molar-refractivity contribution in [1.29, 1.82) is 0 Å². The van der Waals surface area contributed by atoms with Crippen LogP contribution in [0, 0.1) is 0 Å². The number of carbonyl (C=O) groups excluding carboxylic acids is 1. The van der Waals surface area contributed by atoms with Gasteiger partial charge < -0.3 is 5.32 Å². The topological polar surface area (TPSA) is 41.5 Å². The van der Waals surface area contributed by atoms with E-state index in [4.69, 9.17) is 4.99 Å². The van der Waals surface area contributed by atoms with Gasteiger partial charge in [-0.1, -0.05) is 57.1 Å². The molecule has 0 bridgehead atoms. The van der Waals surface area contributed by atoms with Crippen LogP contribution in [-0.4, -0.2) is 42.0 Å². The first-order valence-corrected chi connectivity index (χ1v) is 11.3. The first-order chi connectivity index (χ1) is 13.1. The van der Waals surface area contributed by atoms with E-state index in [-0.39, 0.29) is 12.1 Å². The summed E-state index contributed by atoms with van der Waals surface area (Å²) < 4.78 is 0.882. The average Bonchev–Trinajstić information content (AvgIpc) is 3.06. The molecule has 0 aromatic rings. The SMILES string of the molecule is C/C=C/CCCCCCCCCCCC1N=CC[N+]1(CC)C(C)NC(C)=O. The molecule has 0 aliphatic carbocycles. The van der Waals surface area contributed by atoms with E-state index >= 15 is 0 Å². The highest BCUT2D eigenvalue weighted by Gasteiger charge is 2.42. The number of quaternary nitrogens is 1. The summed E-state index contributed by atoms with van der Waals surface area (Å²) in [6, 6.07) is 0. The third kappa shape index (κ3) is 8.59. The van der Waals surface area contributed by atoms with Crippen molar-refractivity contribution < 1.29 is 9.28 Å². The van der Waals surface area contributed by atoms with Gasteiger partial charge in [0.05, 0.1) is 12.8 Å². The molecule has 1 amide bonds. The fourth-order valence-corrected chi connectivity index (χ4v) is 4.35. The van der Waals surface area contributed by atoms with E-state index in [9.17, 15) is 4.79 Å². The van der Waals surface area contributed by atoms with Gasteiger partial charge in [-0.25, -0.2) is 4.99 Å². The van der Waals surface area contributed by atoms with Crippen LogP contribution in [0.5, 0.6) is 0 Å². The average molecular weight is 379 g/mol. The smallest absolute Gasteiger partial charge is 0.221 e. The lowest BCUT2D eigenvalue weighted by Gasteiger charge is -2.42. The molecule has 0 aromatic carbocycles. The highest BCUT2D eigenvalue weighted by Crippen LogP contribution is 2.27. The Morgan fingerprint density at radius 2 is 1.74 bits per heavy atom. The molecule has 3 unspecified atom stereocenters. The van der Waals surface area contributed by atoms with Crippen molar-refractivity contribution in [2.24, 2.45) is 4.99 Å². The van der Waals surface area contributed by atoms with Gasteiger partial charge in [-0.05, 0) is 33.1 Å². The van der Waals surface area contributed by atoms with Crippen LogP contribution in [0.3, 0.4) is 0 Å². The van der Waals surface area contributed by atoms with Gasteiger partial charge in [-0.15, -0.1) is 0 Å². The molecule has 0 aromatic heterocycles. The number of rotatable bonds is 15. The minimum Gasteiger partial charge on any atom is -0.307 e. The Balaban J connectivity index is 2.14. The molecule has 1 aliphatic heterocycles. The number of hydrogen-bond donors (Lipinski definition) is 1. The molecule has 0 fully saturated rings. The first kappa shape index (κ1) is 23.9. The molecular formula is C23H44N3O+. The Morgan fingerprint density at radius 3 is 2.30 bits per heavy atom. The van der Waals surface area contributed by atoms with Crippen LogP contribution >= 0.6 is 0 Å². The lowest BCUT2D eigenvalue weighted by atomic mass is 10.0. The zero-order valence-electron chi connectivity index (χ0n) is 18.4. The maximum absolute atomic E-state index is 11.5. The van der Waals surface area contributed by atoms with E-state index in [0.29, 0.717) is 6.17 Å². The Hall–Kier alpha value is -1.16. The molecule has 1 rings (SSSR count). The van der Waals surface area contributed by atoms with Gasteiger partial charge in [-0.3, -0.25) is 9.28 Å². The highest BCUT2D eigenvalue weighted by molar-refractivity contribution is 5.73. The zero-order chi connectivity index (χ0) is 20.0. The normalized spacial score (nSPS) is 23.2. The Bertz CT molecular complexity index is 461. The van der Waals surface area contributed by atoms with Crippen molar-refractivity contribution in [1.82, 2.24) is 5.32 Å². The predicted octanol–water partition coefficient (Wildman–Crippen LogP) is 5.58. The number of aliphatic imine (C=N–C) groups is 1. The molecule has 0 spiro atoms. The molecule has 0 saturated carbocycles.